The Hall–Kier alpha value is -2.44. The Labute approximate surface area is 102 Å². The van der Waals surface area contributed by atoms with Gasteiger partial charge in [0.25, 0.3) is 5.69 Å². The highest BCUT2D eigenvalue weighted by Gasteiger charge is 2.16. The summed E-state index contributed by atoms with van der Waals surface area (Å²) in [6.45, 7) is -0.504. The summed E-state index contributed by atoms with van der Waals surface area (Å²) >= 11 is 0. The Balaban J connectivity index is 2.65. The van der Waals surface area contributed by atoms with Crippen LogP contribution in [0.25, 0.3) is 0 Å². The number of carbonyl (C=O) groups excluding carboxylic acids is 2. The SMILES string of the molecule is COC(=O)COC(=O)Cc1ccccc1[N+](=O)[O-]. The molecule has 0 N–H and O–H groups in total. The standard InChI is InChI=1S/C11H11NO6/c1-17-11(14)7-18-10(13)6-8-4-2-3-5-9(8)12(15)16/h2-5H,6-7H2,1H3. The smallest absolute Gasteiger partial charge is 0.344 e. The number of carbonyl (C=O) groups is 2. The van der Waals surface area contributed by atoms with E-state index in [0.29, 0.717) is 0 Å². The van der Waals surface area contributed by atoms with E-state index >= 15 is 0 Å². The van der Waals surface area contributed by atoms with E-state index < -0.39 is 23.5 Å². The third kappa shape index (κ3) is 3.85. The van der Waals surface area contributed by atoms with Gasteiger partial charge in [-0.05, 0) is 0 Å². The monoisotopic (exact) mass is 253 g/mol. The number of methoxy groups -OCH3 is 1. The third-order valence-corrected chi connectivity index (χ3v) is 2.10. The number of benzene rings is 1. The van der Waals surface area contributed by atoms with Gasteiger partial charge in [0.05, 0.1) is 18.5 Å². The minimum atomic E-state index is -0.727. The predicted octanol–water partition coefficient (Wildman–Crippen LogP) is 0.853. The van der Waals surface area contributed by atoms with Gasteiger partial charge in [0.1, 0.15) is 0 Å². The van der Waals surface area contributed by atoms with E-state index in [1.54, 1.807) is 6.07 Å². The van der Waals surface area contributed by atoms with Crippen LogP contribution in [0.15, 0.2) is 24.3 Å². The first-order valence-corrected chi connectivity index (χ1v) is 4.99. The molecule has 0 unspecified atom stereocenters. The molecule has 1 rings (SSSR count). The summed E-state index contributed by atoms with van der Waals surface area (Å²) < 4.78 is 8.89. The average Bonchev–Trinajstić information content (AvgIpc) is 2.36. The van der Waals surface area contributed by atoms with E-state index in [-0.39, 0.29) is 17.7 Å². The highest BCUT2D eigenvalue weighted by atomic mass is 16.6. The molecule has 96 valence electrons. The van der Waals surface area contributed by atoms with Crippen LogP contribution in [0.3, 0.4) is 0 Å². The summed E-state index contributed by atoms with van der Waals surface area (Å²) in [5, 5.41) is 10.7. The zero-order valence-electron chi connectivity index (χ0n) is 9.62. The second kappa shape index (κ2) is 6.33. The second-order valence-corrected chi connectivity index (χ2v) is 3.30. The second-order valence-electron chi connectivity index (χ2n) is 3.30. The van der Waals surface area contributed by atoms with E-state index in [2.05, 4.69) is 9.47 Å². The lowest BCUT2D eigenvalue weighted by Crippen LogP contribution is -2.16. The van der Waals surface area contributed by atoms with Crippen molar-refractivity contribution in [1.29, 1.82) is 0 Å². The number of ether oxygens (including phenoxy) is 2. The van der Waals surface area contributed by atoms with Gasteiger partial charge in [-0.2, -0.15) is 0 Å². The topological polar surface area (TPSA) is 95.7 Å². The lowest BCUT2D eigenvalue weighted by molar-refractivity contribution is -0.385. The van der Waals surface area contributed by atoms with Gasteiger partial charge in [0, 0.05) is 11.6 Å². The zero-order valence-corrected chi connectivity index (χ0v) is 9.62. The lowest BCUT2D eigenvalue weighted by atomic mass is 10.1. The van der Waals surface area contributed by atoms with Gasteiger partial charge in [0.15, 0.2) is 6.61 Å². The fourth-order valence-electron chi connectivity index (χ4n) is 1.24. The Morgan fingerprint density at radius 2 is 1.94 bits per heavy atom. The van der Waals surface area contributed by atoms with Crippen molar-refractivity contribution in [3.8, 4) is 0 Å². The number of para-hydroxylation sites is 1. The molecular weight excluding hydrogens is 242 g/mol. The minimum Gasteiger partial charge on any atom is -0.466 e. The van der Waals surface area contributed by atoms with Gasteiger partial charge in [-0.25, -0.2) is 4.79 Å². The number of hydrogen-bond acceptors (Lipinski definition) is 6. The summed E-state index contributed by atoms with van der Waals surface area (Å²) in [4.78, 5) is 32.2. The maximum absolute atomic E-state index is 11.4. The van der Waals surface area contributed by atoms with Crippen molar-refractivity contribution in [2.24, 2.45) is 0 Å². The van der Waals surface area contributed by atoms with E-state index in [1.165, 1.54) is 18.2 Å². The van der Waals surface area contributed by atoms with E-state index in [1.807, 2.05) is 0 Å². The van der Waals surface area contributed by atoms with Crippen LogP contribution < -0.4 is 0 Å². The predicted molar refractivity (Wildman–Crippen MR) is 59.8 cm³/mol. The molecule has 0 spiro atoms. The van der Waals surface area contributed by atoms with Crippen LogP contribution in [-0.4, -0.2) is 30.6 Å². The first kappa shape index (κ1) is 13.6. The molecular formula is C11H11NO6. The molecule has 0 atom stereocenters. The van der Waals surface area contributed by atoms with Crippen molar-refractivity contribution < 1.29 is 24.0 Å². The number of hydrogen-bond donors (Lipinski definition) is 0. The van der Waals surface area contributed by atoms with Crippen molar-refractivity contribution in [2.45, 2.75) is 6.42 Å². The molecule has 0 aliphatic heterocycles. The summed E-state index contributed by atoms with van der Waals surface area (Å²) in [6, 6.07) is 5.83. The van der Waals surface area contributed by atoms with Crippen molar-refractivity contribution in [1.82, 2.24) is 0 Å². The van der Waals surface area contributed by atoms with Crippen molar-refractivity contribution in [3.05, 3.63) is 39.9 Å². The van der Waals surface area contributed by atoms with Crippen LogP contribution in [0.1, 0.15) is 5.56 Å². The van der Waals surface area contributed by atoms with Crippen molar-refractivity contribution >= 4 is 17.6 Å². The molecule has 7 nitrogen and oxygen atoms in total. The molecule has 7 heteroatoms. The number of rotatable bonds is 5. The van der Waals surface area contributed by atoms with Gasteiger partial charge in [-0.3, -0.25) is 14.9 Å². The highest BCUT2D eigenvalue weighted by Crippen LogP contribution is 2.18. The van der Waals surface area contributed by atoms with Crippen LogP contribution in [0.5, 0.6) is 0 Å². The highest BCUT2D eigenvalue weighted by molar-refractivity contribution is 5.78. The summed E-state index contributed by atoms with van der Waals surface area (Å²) in [6.07, 6.45) is -0.270. The van der Waals surface area contributed by atoms with E-state index in [9.17, 15) is 19.7 Å². The van der Waals surface area contributed by atoms with Crippen molar-refractivity contribution in [3.63, 3.8) is 0 Å². The Bertz CT molecular complexity index is 470. The molecule has 1 aromatic carbocycles. The molecule has 0 saturated heterocycles. The van der Waals surface area contributed by atoms with Gasteiger partial charge in [-0.15, -0.1) is 0 Å². The molecule has 0 radical (unpaired) electrons. The number of nitro benzene ring substituents is 1. The minimum absolute atomic E-state index is 0.160. The first-order chi connectivity index (χ1) is 8.54. The van der Waals surface area contributed by atoms with Gasteiger partial charge in [0.2, 0.25) is 0 Å². The molecule has 0 saturated carbocycles. The third-order valence-electron chi connectivity index (χ3n) is 2.10. The normalized spacial score (nSPS) is 9.61. The number of nitro groups is 1. The Kier molecular flexibility index (Phi) is 4.79. The number of esters is 2. The molecule has 1 aromatic rings. The van der Waals surface area contributed by atoms with Gasteiger partial charge in [-0.1, -0.05) is 18.2 Å². The van der Waals surface area contributed by atoms with Crippen LogP contribution >= 0.6 is 0 Å². The maximum Gasteiger partial charge on any atom is 0.344 e. The Morgan fingerprint density at radius 1 is 1.28 bits per heavy atom. The lowest BCUT2D eigenvalue weighted by Gasteiger charge is -2.04. The van der Waals surface area contributed by atoms with Crippen LogP contribution in [0.4, 0.5) is 5.69 Å². The zero-order chi connectivity index (χ0) is 13.5. The van der Waals surface area contributed by atoms with Crippen LogP contribution in [0.2, 0.25) is 0 Å². The first-order valence-electron chi connectivity index (χ1n) is 4.99. The molecule has 0 aliphatic carbocycles. The number of nitrogens with zero attached hydrogens (tertiary/aromatic N) is 1. The molecule has 0 heterocycles. The van der Waals surface area contributed by atoms with Gasteiger partial charge < -0.3 is 9.47 Å². The average molecular weight is 253 g/mol. The fraction of sp³-hybridized carbons (Fsp3) is 0.273. The summed E-state index contributed by atoms with van der Waals surface area (Å²) in [5.74, 6) is -1.42. The summed E-state index contributed by atoms with van der Waals surface area (Å²) in [5.41, 5.74) is 0.0740. The molecule has 0 fully saturated rings. The maximum atomic E-state index is 11.4. The fourth-order valence-corrected chi connectivity index (χ4v) is 1.24. The molecule has 0 amide bonds. The molecule has 0 bridgehead atoms. The molecule has 0 aromatic heterocycles. The molecule has 0 aliphatic rings. The van der Waals surface area contributed by atoms with E-state index in [0.717, 1.165) is 7.11 Å². The van der Waals surface area contributed by atoms with Crippen LogP contribution in [0, 0.1) is 10.1 Å². The quantitative estimate of drug-likeness (QED) is 0.438. The van der Waals surface area contributed by atoms with E-state index in [4.69, 9.17) is 0 Å². The van der Waals surface area contributed by atoms with Gasteiger partial charge >= 0.3 is 11.9 Å². The molecule has 18 heavy (non-hydrogen) atoms. The largest absolute Gasteiger partial charge is 0.466 e. The van der Waals surface area contributed by atoms with Crippen molar-refractivity contribution in [2.75, 3.05) is 13.7 Å². The Morgan fingerprint density at radius 3 is 2.56 bits per heavy atom. The summed E-state index contributed by atoms with van der Waals surface area (Å²) in [7, 11) is 1.16. The van der Waals surface area contributed by atoms with Crippen LogP contribution in [-0.2, 0) is 25.5 Å².